The molecule has 0 N–H and O–H groups in total. The second-order valence-electron chi connectivity index (χ2n) is 3.08. The van der Waals surface area contributed by atoms with Crippen molar-refractivity contribution < 1.29 is 9.53 Å². The molecule has 88 valence electrons. The first-order valence-corrected chi connectivity index (χ1v) is 5.00. The van der Waals surface area contributed by atoms with Gasteiger partial charge in [-0.05, 0) is 30.2 Å². The fourth-order valence-corrected chi connectivity index (χ4v) is 1.14. The van der Waals surface area contributed by atoms with Crippen molar-refractivity contribution in [2.24, 2.45) is 5.11 Å². The Morgan fingerprint density at radius 2 is 2.47 bits per heavy atom. The summed E-state index contributed by atoms with van der Waals surface area (Å²) in [6.07, 6.45) is 4.23. The van der Waals surface area contributed by atoms with E-state index in [4.69, 9.17) is 5.53 Å². The lowest BCUT2D eigenvalue weighted by atomic mass is 10.2. The first kappa shape index (κ1) is 12.7. The quantitative estimate of drug-likeness (QED) is 0.257. The Balaban J connectivity index is 2.65. The number of ether oxygens (including phenoxy) is 1. The largest absolute Gasteiger partial charge is 0.464 e. The summed E-state index contributed by atoms with van der Waals surface area (Å²) in [6.45, 7) is 0.406. The van der Waals surface area contributed by atoms with Gasteiger partial charge in [-0.1, -0.05) is 17.3 Å². The molecule has 0 fully saturated rings. The molecule has 0 unspecified atom stereocenters. The van der Waals surface area contributed by atoms with Gasteiger partial charge >= 0.3 is 5.97 Å². The maximum absolute atomic E-state index is 11.2. The number of esters is 1. The molecule has 0 aliphatic carbocycles. The molecule has 0 bridgehead atoms. The van der Waals surface area contributed by atoms with E-state index in [1.54, 1.807) is 24.3 Å². The van der Waals surface area contributed by atoms with Gasteiger partial charge < -0.3 is 4.74 Å². The van der Waals surface area contributed by atoms with Gasteiger partial charge in [0.2, 0.25) is 0 Å². The molecule has 0 aromatic carbocycles. The fourth-order valence-electron chi connectivity index (χ4n) is 1.14. The minimum absolute atomic E-state index is 0.268. The van der Waals surface area contributed by atoms with Crippen molar-refractivity contribution in [3.8, 4) is 0 Å². The SMILES string of the molecule is COC(=O)c1cccc(C=CCCN=[N+]=[N-])n1. The standard InChI is InChI=1S/C11H12N4O2/c1-17-11(16)10-7-4-6-9(14-10)5-2-3-8-13-15-12/h2,4-7H,3,8H2,1H3. The van der Waals surface area contributed by atoms with Gasteiger partial charge in [-0.25, -0.2) is 9.78 Å². The molecule has 6 heteroatoms. The number of hydrogen-bond donors (Lipinski definition) is 0. The molecule has 6 nitrogen and oxygen atoms in total. The highest BCUT2D eigenvalue weighted by molar-refractivity contribution is 5.87. The van der Waals surface area contributed by atoms with E-state index >= 15 is 0 Å². The molecule has 17 heavy (non-hydrogen) atoms. The summed E-state index contributed by atoms with van der Waals surface area (Å²) in [5.74, 6) is -0.464. The van der Waals surface area contributed by atoms with Crippen LogP contribution in [0, 0.1) is 0 Å². The van der Waals surface area contributed by atoms with Crippen LogP contribution in [0.15, 0.2) is 29.4 Å². The van der Waals surface area contributed by atoms with Crippen LogP contribution in [0.5, 0.6) is 0 Å². The van der Waals surface area contributed by atoms with E-state index in [1.807, 2.05) is 6.08 Å². The maximum atomic E-state index is 11.2. The number of hydrogen-bond acceptors (Lipinski definition) is 4. The van der Waals surface area contributed by atoms with Crippen molar-refractivity contribution in [3.63, 3.8) is 0 Å². The zero-order chi connectivity index (χ0) is 12.5. The molecule has 1 rings (SSSR count). The second-order valence-corrected chi connectivity index (χ2v) is 3.08. The van der Waals surface area contributed by atoms with Crippen molar-refractivity contribution in [2.45, 2.75) is 6.42 Å². The number of aromatic nitrogens is 1. The van der Waals surface area contributed by atoms with E-state index in [1.165, 1.54) is 7.11 Å². The fraction of sp³-hybridized carbons (Fsp3) is 0.273. The molecule has 0 aliphatic heterocycles. The van der Waals surface area contributed by atoms with E-state index in [-0.39, 0.29) is 5.69 Å². The average molecular weight is 232 g/mol. The highest BCUT2D eigenvalue weighted by Crippen LogP contribution is 2.03. The Kier molecular flexibility index (Phi) is 5.27. The third kappa shape index (κ3) is 4.36. The molecule has 0 aliphatic rings. The Labute approximate surface area is 98.6 Å². The summed E-state index contributed by atoms with van der Waals surface area (Å²) in [6, 6.07) is 5.09. The van der Waals surface area contributed by atoms with E-state index in [0.717, 1.165) is 0 Å². The predicted octanol–water partition coefficient (Wildman–Crippen LogP) is 2.58. The summed E-state index contributed by atoms with van der Waals surface area (Å²) in [7, 11) is 1.31. The first-order valence-electron chi connectivity index (χ1n) is 5.00. The van der Waals surface area contributed by atoms with Crippen molar-refractivity contribution >= 4 is 12.0 Å². The minimum Gasteiger partial charge on any atom is -0.464 e. The molecule has 0 spiro atoms. The van der Waals surface area contributed by atoms with Gasteiger partial charge in [0, 0.05) is 11.5 Å². The van der Waals surface area contributed by atoms with Crippen LogP contribution >= 0.6 is 0 Å². The molecule has 1 aromatic heterocycles. The number of carbonyl (C=O) groups excluding carboxylic acids is 1. The number of nitrogens with zero attached hydrogens (tertiary/aromatic N) is 4. The lowest BCUT2D eigenvalue weighted by molar-refractivity contribution is 0.0594. The first-order chi connectivity index (χ1) is 8.27. The second kappa shape index (κ2) is 7.03. The number of methoxy groups -OCH3 is 1. The van der Waals surface area contributed by atoms with Crippen LogP contribution in [0.25, 0.3) is 16.5 Å². The third-order valence-electron chi connectivity index (χ3n) is 1.91. The van der Waals surface area contributed by atoms with Crippen molar-refractivity contribution in [2.75, 3.05) is 13.7 Å². The molecular formula is C11H12N4O2. The molecule has 1 aromatic rings. The van der Waals surface area contributed by atoms with Crippen molar-refractivity contribution in [3.05, 3.63) is 46.1 Å². The Morgan fingerprint density at radius 1 is 1.65 bits per heavy atom. The highest BCUT2D eigenvalue weighted by atomic mass is 16.5. The van der Waals surface area contributed by atoms with Crippen molar-refractivity contribution in [1.82, 2.24) is 4.98 Å². The Morgan fingerprint density at radius 3 is 3.18 bits per heavy atom. The van der Waals surface area contributed by atoms with E-state index in [2.05, 4.69) is 19.7 Å². The van der Waals surface area contributed by atoms with E-state index < -0.39 is 5.97 Å². The third-order valence-corrected chi connectivity index (χ3v) is 1.91. The Bertz CT molecular complexity index is 464. The number of azide groups is 1. The number of rotatable bonds is 5. The monoisotopic (exact) mass is 232 g/mol. The summed E-state index contributed by atoms with van der Waals surface area (Å²) in [4.78, 5) is 18.0. The summed E-state index contributed by atoms with van der Waals surface area (Å²) < 4.78 is 4.57. The number of pyridine rings is 1. The van der Waals surface area contributed by atoms with E-state index in [9.17, 15) is 4.79 Å². The van der Waals surface area contributed by atoms with Gasteiger partial charge in [0.05, 0.1) is 12.8 Å². The summed E-state index contributed by atoms with van der Waals surface area (Å²) >= 11 is 0. The predicted molar refractivity (Wildman–Crippen MR) is 63.2 cm³/mol. The molecule has 0 amide bonds. The van der Waals surface area contributed by atoms with Gasteiger partial charge in [0.1, 0.15) is 5.69 Å². The zero-order valence-electron chi connectivity index (χ0n) is 9.41. The Hall–Kier alpha value is -2.33. The van der Waals surface area contributed by atoms with Gasteiger partial charge in [0.25, 0.3) is 0 Å². The van der Waals surface area contributed by atoms with Crippen LogP contribution < -0.4 is 0 Å². The topological polar surface area (TPSA) is 88.0 Å². The van der Waals surface area contributed by atoms with Gasteiger partial charge in [-0.15, -0.1) is 0 Å². The van der Waals surface area contributed by atoms with Gasteiger partial charge in [0.15, 0.2) is 0 Å². The van der Waals surface area contributed by atoms with Crippen LogP contribution in [-0.4, -0.2) is 24.6 Å². The van der Waals surface area contributed by atoms with Crippen LogP contribution in [0.4, 0.5) is 0 Å². The van der Waals surface area contributed by atoms with E-state index in [0.29, 0.717) is 18.7 Å². The van der Waals surface area contributed by atoms with Gasteiger partial charge in [-0.3, -0.25) is 0 Å². The molecule has 0 radical (unpaired) electrons. The normalized spacial score (nSPS) is 9.94. The maximum Gasteiger partial charge on any atom is 0.356 e. The molecule has 0 saturated carbocycles. The minimum atomic E-state index is -0.464. The average Bonchev–Trinajstić information content (AvgIpc) is 2.38. The summed E-state index contributed by atoms with van der Waals surface area (Å²) in [5, 5.41) is 3.40. The van der Waals surface area contributed by atoms with Crippen LogP contribution in [0.1, 0.15) is 22.6 Å². The van der Waals surface area contributed by atoms with Crippen molar-refractivity contribution in [1.29, 1.82) is 0 Å². The molecule has 0 atom stereocenters. The molecule has 1 heterocycles. The van der Waals surface area contributed by atoms with Crippen LogP contribution in [-0.2, 0) is 4.74 Å². The summed E-state index contributed by atoms with van der Waals surface area (Å²) in [5.41, 5.74) is 9.01. The lowest BCUT2D eigenvalue weighted by Crippen LogP contribution is -2.04. The van der Waals surface area contributed by atoms with Gasteiger partial charge in [-0.2, -0.15) is 0 Å². The molecular weight excluding hydrogens is 220 g/mol. The van der Waals surface area contributed by atoms with Crippen LogP contribution in [0.3, 0.4) is 0 Å². The smallest absolute Gasteiger partial charge is 0.356 e. The number of carbonyl (C=O) groups is 1. The molecule has 0 saturated heterocycles. The lowest BCUT2D eigenvalue weighted by Gasteiger charge is -1.98. The highest BCUT2D eigenvalue weighted by Gasteiger charge is 2.05. The zero-order valence-corrected chi connectivity index (χ0v) is 9.41. The van der Waals surface area contributed by atoms with Crippen LogP contribution in [0.2, 0.25) is 0 Å².